The van der Waals surface area contributed by atoms with Crippen molar-refractivity contribution in [1.29, 1.82) is 0 Å². The van der Waals surface area contributed by atoms with Crippen LogP contribution in [0.1, 0.15) is 16.7 Å². The fourth-order valence-corrected chi connectivity index (χ4v) is 5.55. The third-order valence-corrected chi connectivity index (χ3v) is 7.96. The van der Waals surface area contributed by atoms with Crippen LogP contribution in [0.2, 0.25) is 0 Å². The van der Waals surface area contributed by atoms with E-state index in [0.29, 0.717) is 30.3 Å². The number of sulfonamides is 1. The van der Waals surface area contributed by atoms with Gasteiger partial charge in [0.25, 0.3) is 0 Å². The molecule has 0 saturated heterocycles. The van der Waals surface area contributed by atoms with Gasteiger partial charge in [0.15, 0.2) is 11.5 Å². The average Bonchev–Trinajstić information content (AvgIpc) is 3.24. The van der Waals surface area contributed by atoms with Crippen molar-refractivity contribution < 1.29 is 17.9 Å². The molecular formula is C23H19BrN2O4S. The number of hydrogen-bond acceptors (Lipinski definition) is 5. The minimum absolute atomic E-state index is 0.209. The van der Waals surface area contributed by atoms with Crippen LogP contribution in [0, 0.1) is 0 Å². The van der Waals surface area contributed by atoms with Gasteiger partial charge in [-0.2, -0.15) is 4.31 Å². The lowest BCUT2D eigenvalue weighted by atomic mass is 10.0. The molecule has 0 saturated carbocycles. The Kier molecular flexibility index (Phi) is 5.29. The molecule has 0 unspecified atom stereocenters. The molecule has 0 bridgehead atoms. The highest BCUT2D eigenvalue weighted by atomic mass is 79.9. The van der Waals surface area contributed by atoms with E-state index >= 15 is 0 Å². The lowest BCUT2D eigenvalue weighted by molar-refractivity contribution is 0.174. The molecule has 0 fully saturated rings. The number of nitrogens with zero attached hydrogens (tertiary/aromatic N) is 2. The predicted molar refractivity (Wildman–Crippen MR) is 122 cm³/mol. The van der Waals surface area contributed by atoms with E-state index in [9.17, 15) is 8.42 Å². The summed E-state index contributed by atoms with van der Waals surface area (Å²) in [4.78, 5) is 4.74. The number of rotatable bonds is 4. The summed E-state index contributed by atoms with van der Waals surface area (Å²) in [6.45, 7) is 1.09. The summed E-state index contributed by atoms with van der Waals surface area (Å²) in [5.41, 5.74) is 3.78. The van der Waals surface area contributed by atoms with Crippen LogP contribution < -0.4 is 9.47 Å². The van der Waals surface area contributed by atoms with E-state index in [1.807, 2.05) is 30.3 Å². The standard InChI is InChI=1S/C23H19BrN2O4S/c24-21-12-23-22(29-15-30-23)11-18(21)13-25-19-5-7-20(8-6-19)31(27,28)26-10-9-16-3-1-2-4-17(16)14-26/h1-8,11-13H,9-10,14-15H2. The van der Waals surface area contributed by atoms with E-state index in [1.54, 1.807) is 30.5 Å². The van der Waals surface area contributed by atoms with Crippen LogP contribution in [-0.2, 0) is 23.0 Å². The van der Waals surface area contributed by atoms with Gasteiger partial charge in [-0.1, -0.05) is 24.3 Å². The Labute approximate surface area is 189 Å². The first-order valence-electron chi connectivity index (χ1n) is 9.81. The Hall–Kier alpha value is -2.68. The molecule has 0 spiro atoms. The molecule has 2 aliphatic heterocycles. The topological polar surface area (TPSA) is 68.2 Å². The number of aliphatic imine (C=N–C) groups is 1. The summed E-state index contributed by atoms with van der Waals surface area (Å²) in [6, 6.07) is 18.3. The van der Waals surface area contributed by atoms with E-state index in [-0.39, 0.29) is 11.7 Å². The first kappa shape index (κ1) is 20.2. The predicted octanol–water partition coefficient (Wildman–Crippen LogP) is 4.68. The third-order valence-electron chi connectivity index (χ3n) is 5.41. The van der Waals surface area contributed by atoms with E-state index in [4.69, 9.17) is 9.47 Å². The fraction of sp³-hybridized carbons (Fsp3) is 0.174. The van der Waals surface area contributed by atoms with Gasteiger partial charge in [0.2, 0.25) is 16.8 Å². The van der Waals surface area contributed by atoms with E-state index in [1.165, 1.54) is 9.87 Å². The molecule has 0 amide bonds. The zero-order valence-corrected chi connectivity index (χ0v) is 18.9. The first-order chi connectivity index (χ1) is 15.0. The highest BCUT2D eigenvalue weighted by Crippen LogP contribution is 2.36. The van der Waals surface area contributed by atoms with Crippen LogP contribution in [0.25, 0.3) is 0 Å². The van der Waals surface area contributed by atoms with Crippen molar-refractivity contribution in [1.82, 2.24) is 4.31 Å². The second-order valence-corrected chi connectivity index (χ2v) is 10.1. The molecule has 0 radical (unpaired) electrons. The van der Waals surface area contributed by atoms with Gasteiger partial charge < -0.3 is 9.47 Å². The second-order valence-electron chi connectivity index (χ2n) is 7.34. The second kappa shape index (κ2) is 8.11. The highest BCUT2D eigenvalue weighted by Gasteiger charge is 2.28. The van der Waals surface area contributed by atoms with Crippen molar-refractivity contribution >= 4 is 37.9 Å². The maximum absolute atomic E-state index is 13.1. The molecule has 2 aliphatic rings. The van der Waals surface area contributed by atoms with Gasteiger partial charge in [0, 0.05) is 29.3 Å². The van der Waals surface area contributed by atoms with Crippen molar-refractivity contribution in [2.75, 3.05) is 13.3 Å². The molecule has 3 aromatic rings. The van der Waals surface area contributed by atoms with Gasteiger partial charge in [0.05, 0.1) is 10.6 Å². The summed E-state index contributed by atoms with van der Waals surface area (Å²) in [5, 5.41) is 0. The molecule has 0 aliphatic carbocycles. The summed E-state index contributed by atoms with van der Waals surface area (Å²) in [5.74, 6) is 1.37. The molecule has 0 N–H and O–H groups in total. The molecule has 2 heterocycles. The average molecular weight is 499 g/mol. The van der Waals surface area contributed by atoms with E-state index in [2.05, 4.69) is 27.0 Å². The highest BCUT2D eigenvalue weighted by molar-refractivity contribution is 9.10. The van der Waals surface area contributed by atoms with Crippen LogP contribution >= 0.6 is 15.9 Å². The Morgan fingerprint density at radius 1 is 0.968 bits per heavy atom. The largest absolute Gasteiger partial charge is 0.454 e. The number of halogens is 1. The summed E-state index contributed by atoms with van der Waals surface area (Å²) < 4.78 is 39.3. The van der Waals surface area contributed by atoms with Gasteiger partial charge >= 0.3 is 0 Å². The molecule has 0 aromatic heterocycles. The SMILES string of the molecule is O=S(=O)(c1ccc(N=Cc2cc3c(cc2Br)OCO3)cc1)N1CCc2ccccc2C1. The molecule has 5 rings (SSSR count). The van der Waals surface area contributed by atoms with Gasteiger partial charge in [0.1, 0.15) is 0 Å². The van der Waals surface area contributed by atoms with Crippen LogP contribution in [0.5, 0.6) is 11.5 Å². The number of ether oxygens (including phenoxy) is 2. The van der Waals surface area contributed by atoms with Crippen LogP contribution in [0.15, 0.2) is 75.0 Å². The van der Waals surface area contributed by atoms with Gasteiger partial charge in [-0.05, 0) is 69.9 Å². The zero-order valence-electron chi connectivity index (χ0n) is 16.5. The molecule has 6 nitrogen and oxygen atoms in total. The van der Waals surface area contributed by atoms with E-state index < -0.39 is 10.0 Å². The van der Waals surface area contributed by atoms with Crippen molar-refractivity contribution in [3.05, 3.63) is 81.8 Å². The molecule has 31 heavy (non-hydrogen) atoms. The molecule has 158 valence electrons. The Bertz CT molecular complexity index is 1270. The number of fused-ring (bicyclic) bond motifs is 2. The van der Waals surface area contributed by atoms with Gasteiger partial charge in [-0.15, -0.1) is 0 Å². The van der Waals surface area contributed by atoms with E-state index in [0.717, 1.165) is 22.0 Å². The lowest BCUT2D eigenvalue weighted by Crippen LogP contribution is -2.35. The summed E-state index contributed by atoms with van der Waals surface area (Å²) in [6.07, 6.45) is 2.43. The van der Waals surface area contributed by atoms with Crippen molar-refractivity contribution in [2.45, 2.75) is 17.9 Å². The summed E-state index contributed by atoms with van der Waals surface area (Å²) >= 11 is 3.51. The minimum atomic E-state index is -3.56. The first-order valence-corrected chi connectivity index (χ1v) is 12.0. The van der Waals surface area contributed by atoms with Crippen molar-refractivity contribution in [2.24, 2.45) is 4.99 Å². The number of hydrogen-bond donors (Lipinski definition) is 0. The summed E-state index contributed by atoms with van der Waals surface area (Å²) in [7, 11) is -3.56. The molecule has 8 heteroatoms. The van der Waals surface area contributed by atoms with Crippen LogP contribution in [-0.4, -0.2) is 32.3 Å². The molecule has 0 atom stereocenters. The lowest BCUT2D eigenvalue weighted by Gasteiger charge is -2.28. The number of benzene rings is 3. The minimum Gasteiger partial charge on any atom is -0.454 e. The Morgan fingerprint density at radius 3 is 2.45 bits per heavy atom. The maximum atomic E-state index is 13.1. The van der Waals surface area contributed by atoms with Gasteiger partial charge in [-0.3, -0.25) is 4.99 Å². The van der Waals surface area contributed by atoms with Crippen LogP contribution in [0.3, 0.4) is 0 Å². The molecular weight excluding hydrogens is 480 g/mol. The maximum Gasteiger partial charge on any atom is 0.243 e. The smallest absolute Gasteiger partial charge is 0.243 e. The molecule has 3 aromatic carbocycles. The Morgan fingerprint density at radius 2 is 1.68 bits per heavy atom. The fourth-order valence-electron chi connectivity index (χ4n) is 3.70. The van der Waals surface area contributed by atoms with Gasteiger partial charge in [-0.25, -0.2) is 8.42 Å². The van der Waals surface area contributed by atoms with Crippen LogP contribution in [0.4, 0.5) is 5.69 Å². The van der Waals surface area contributed by atoms with Crippen molar-refractivity contribution in [3.8, 4) is 11.5 Å². The monoisotopic (exact) mass is 498 g/mol. The normalized spacial score (nSPS) is 15.9. The third kappa shape index (κ3) is 3.98. The Balaban J connectivity index is 1.34. The van der Waals surface area contributed by atoms with Crippen molar-refractivity contribution in [3.63, 3.8) is 0 Å². The quantitative estimate of drug-likeness (QED) is 0.490. The zero-order chi connectivity index (χ0) is 21.4.